The average Bonchev–Trinajstić information content (AvgIpc) is 2.33. The Morgan fingerprint density at radius 2 is 1.48 bits per heavy atom. The van der Waals surface area contributed by atoms with E-state index in [0.717, 1.165) is 6.61 Å². The highest BCUT2D eigenvalue weighted by Crippen LogP contribution is 2.36. The van der Waals surface area contributed by atoms with E-state index in [1.807, 2.05) is 0 Å². The minimum atomic E-state index is -1.54. The molecule has 0 aromatic rings. The van der Waals surface area contributed by atoms with Crippen molar-refractivity contribution in [2.24, 2.45) is 5.41 Å². The topological polar surface area (TPSA) is 18.5 Å². The maximum absolute atomic E-state index is 6.21. The van der Waals surface area contributed by atoms with Crippen LogP contribution in [0.5, 0.6) is 0 Å². The van der Waals surface area contributed by atoms with Crippen molar-refractivity contribution in [3.05, 3.63) is 12.3 Å². The highest BCUT2D eigenvalue weighted by Gasteiger charge is 2.36. The molecule has 0 bridgehead atoms. The second kappa shape index (κ2) is 8.99. The number of unbranched alkanes of at least 4 members (excludes halogenated alkanes) is 3. The van der Waals surface area contributed by atoms with E-state index in [1.165, 1.54) is 32.1 Å². The Kier molecular flexibility index (Phi) is 8.87. The van der Waals surface area contributed by atoms with Crippen LogP contribution in [0.3, 0.4) is 0 Å². The molecule has 0 saturated carbocycles. The quantitative estimate of drug-likeness (QED) is 0.274. The van der Waals surface area contributed by atoms with Crippen molar-refractivity contribution in [3.8, 4) is 0 Å². The van der Waals surface area contributed by atoms with Crippen LogP contribution < -0.4 is 0 Å². The summed E-state index contributed by atoms with van der Waals surface area (Å²) < 4.78 is 11.2. The largest absolute Gasteiger partial charge is 0.505 e. The van der Waals surface area contributed by atoms with E-state index in [1.54, 1.807) is 13.4 Å². The van der Waals surface area contributed by atoms with Gasteiger partial charge in [-0.3, -0.25) is 0 Å². The second-order valence-electron chi connectivity index (χ2n) is 8.30. The van der Waals surface area contributed by atoms with Crippen LogP contribution in [0, 0.1) is 5.41 Å². The van der Waals surface area contributed by atoms with Crippen molar-refractivity contribution in [3.63, 3.8) is 0 Å². The summed E-state index contributed by atoms with van der Waals surface area (Å²) in [7, 11) is 0.162. The van der Waals surface area contributed by atoms with Gasteiger partial charge in [0.05, 0.1) is 13.4 Å². The normalized spacial score (nSPS) is 13.9. The molecule has 3 heteroatoms. The van der Waals surface area contributed by atoms with Crippen LogP contribution in [0.15, 0.2) is 12.3 Å². The standard InChI is InChI=1S/C18H38O2Si/c1-17(2,3)21(7,8)20-15-12-10-9-11-13-18(4,5)14-16-19-6/h14,16H,9-13,15H2,1-8H3/b16-14+. The molecule has 0 rings (SSSR count). The number of hydrogen-bond acceptors (Lipinski definition) is 2. The van der Waals surface area contributed by atoms with Crippen LogP contribution in [0.1, 0.15) is 66.7 Å². The van der Waals surface area contributed by atoms with Crippen LogP contribution >= 0.6 is 0 Å². The fraction of sp³-hybridized carbons (Fsp3) is 0.889. The molecule has 126 valence electrons. The van der Waals surface area contributed by atoms with E-state index in [0.29, 0.717) is 5.04 Å². The predicted octanol–water partition coefficient (Wildman–Crippen LogP) is 6.15. The summed E-state index contributed by atoms with van der Waals surface area (Å²) in [5, 5.41) is 0.324. The molecule has 0 heterocycles. The summed E-state index contributed by atoms with van der Waals surface area (Å²) >= 11 is 0. The molecule has 0 N–H and O–H groups in total. The second-order valence-corrected chi connectivity index (χ2v) is 13.1. The molecule has 21 heavy (non-hydrogen) atoms. The lowest BCUT2D eigenvalue weighted by Gasteiger charge is -2.36. The summed E-state index contributed by atoms with van der Waals surface area (Å²) in [4.78, 5) is 0. The molecule has 0 unspecified atom stereocenters. The van der Waals surface area contributed by atoms with Crippen molar-refractivity contribution in [2.75, 3.05) is 13.7 Å². The van der Waals surface area contributed by atoms with Crippen LogP contribution in [0.25, 0.3) is 0 Å². The average molecular weight is 315 g/mol. The molecule has 0 aliphatic carbocycles. The van der Waals surface area contributed by atoms with Gasteiger partial charge in [0, 0.05) is 6.61 Å². The van der Waals surface area contributed by atoms with Crippen molar-refractivity contribution < 1.29 is 9.16 Å². The summed E-state index contributed by atoms with van der Waals surface area (Å²) in [6.45, 7) is 17.0. The van der Waals surface area contributed by atoms with Crippen molar-refractivity contribution in [1.29, 1.82) is 0 Å². The molecule has 0 aliphatic rings. The van der Waals surface area contributed by atoms with Gasteiger partial charge < -0.3 is 9.16 Å². The lowest BCUT2D eigenvalue weighted by atomic mass is 9.87. The van der Waals surface area contributed by atoms with E-state index < -0.39 is 8.32 Å². The van der Waals surface area contributed by atoms with Crippen molar-refractivity contribution >= 4 is 8.32 Å². The fourth-order valence-corrected chi connectivity index (χ4v) is 3.00. The Morgan fingerprint density at radius 3 is 2.00 bits per heavy atom. The zero-order valence-corrected chi connectivity index (χ0v) is 16.7. The van der Waals surface area contributed by atoms with Gasteiger partial charge in [-0.15, -0.1) is 0 Å². The first kappa shape index (κ1) is 20.7. The molecule has 0 aromatic heterocycles. The van der Waals surface area contributed by atoms with Crippen LogP contribution in [-0.2, 0) is 9.16 Å². The monoisotopic (exact) mass is 314 g/mol. The Hall–Kier alpha value is -0.283. The summed E-state index contributed by atoms with van der Waals surface area (Å²) in [6.07, 6.45) is 10.2. The smallest absolute Gasteiger partial charge is 0.191 e. The summed E-state index contributed by atoms with van der Waals surface area (Å²) in [5.41, 5.74) is 0.244. The first-order valence-electron chi connectivity index (χ1n) is 8.36. The Balaban J connectivity index is 3.73. The number of hydrogen-bond donors (Lipinski definition) is 0. The summed E-state index contributed by atoms with van der Waals surface area (Å²) in [5.74, 6) is 0. The van der Waals surface area contributed by atoms with Crippen LogP contribution in [0.2, 0.25) is 18.1 Å². The molecule has 0 aliphatic heterocycles. The van der Waals surface area contributed by atoms with E-state index in [4.69, 9.17) is 9.16 Å². The minimum Gasteiger partial charge on any atom is -0.505 e. The molecule has 2 nitrogen and oxygen atoms in total. The number of ether oxygens (including phenoxy) is 1. The number of allylic oxidation sites excluding steroid dienone is 1. The van der Waals surface area contributed by atoms with Crippen LogP contribution in [0.4, 0.5) is 0 Å². The van der Waals surface area contributed by atoms with Crippen LogP contribution in [-0.4, -0.2) is 22.0 Å². The highest BCUT2D eigenvalue weighted by molar-refractivity contribution is 6.74. The lowest BCUT2D eigenvalue weighted by molar-refractivity contribution is 0.275. The maximum Gasteiger partial charge on any atom is 0.191 e. The van der Waals surface area contributed by atoms with Gasteiger partial charge in [0.25, 0.3) is 0 Å². The van der Waals surface area contributed by atoms with Gasteiger partial charge in [0.15, 0.2) is 8.32 Å². The van der Waals surface area contributed by atoms with Gasteiger partial charge >= 0.3 is 0 Å². The first-order valence-corrected chi connectivity index (χ1v) is 11.3. The predicted molar refractivity (Wildman–Crippen MR) is 96.2 cm³/mol. The third-order valence-electron chi connectivity index (χ3n) is 4.64. The molecular weight excluding hydrogens is 276 g/mol. The van der Waals surface area contributed by atoms with E-state index in [9.17, 15) is 0 Å². The SMILES string of the molecule is CO/C=C/C(C)(C)CCCCCCO[Si](C)(C)C(C)(C)C. The van der Waals surface area contributed by atoms with Gasteiger partial charge in [-0.2, -0.15) is 0 Å². The maximum atomic E-state index is 6.21. The van der Waals surface area contributed by atoms with Gasteiger partial charge in [-0.1, -0.05) is 53.9 Å². The summed E-state index contributed by atoms with van der Waals surface area (Å²) in [6, 6.07) is 0. The molecule has 0 radical (unpaired) electrons. The molecule has 0 spiro atoms. The lowest BCUT2D eigenvalue weighted by Crippen LogP contribution is -2.40. The van der Waals surface area contributed by atoms with E-state index in [-0.39, 0.29) is 5.41 Å². The molecule has 0 fully saturated rings. The molecule has 0 amide bonds. The fourth-order valence-electron chi connectivity index (χ4n) is 1.92. The third-order valence-corrected chi connectivity index (χ3v) is 9.18. The molecule has 0 saturated heterocycles. The molecule has 0 aromatic carbocycles. The first-order chi connectivity index (χ1) is 9.52. The van der Waals surface area contributed by atoms with Gasteiger partial charge in [0.2, 0.25) is 0 Å². The number of methoxy groups -OCH3 is 1. The zero-order chi connectivity index (χ0) is 16.6. The van der Waals surface area contributed by atoms with Crippen molar-refractivity contribution in [2.45, 2.75) is 84.9 Å². The Labute approximate surface area is 134 Å². The zero-order valence-electron chi connectivity index (χ0n) is 15.7. The van der Waals surface area contributed by atoms with Gasteiger partial charge in [0.1, 0.15) is 0 Å². The Morgan fingerprint density at radius 1 is 0.905 bits per heavy atom. The van der Waals surface area contributed by atoms with Gasteiger partial charge in [-0.25, -0.2) is 0 Å². The highest BCUT2D eigenvalue weighted by atomic mass is 28.4. The van der Waals surface area contributed by atoms with E-state index >= 15 is 0 Å². The van der Waals surface area contributed by atoms with Crippen molar-refractivity contribution in [1.82, 2.24) is 0 Å². The minimum absolute atomic E-state index is 0.244. The molecular formula is C18H38O2Si. The van der Waals surface area contributed by atoms with Gasteiger partial charge in [-0.05, 0) is 42.5 Å². The van der Waals surface area contributed by atoms with E-state index in [2.05, 4.69) is 53.8 Å². The molecule has 0 atom stereocenters. The number of rotatable bonds is 10. The Bertz CT molecular complexity index is 301. The third kappa shape index (κ3) is 9.36.